The molecule has 1 fully saturated rings. The Balaban J connectivity index is 1.61. The first-order valence-corrected chi connectivity index (χ1v) is 9.58. The zero-order valence-electron chi connectivity index (χ0n) is 16.3. The van der Waals surface area contributed by atoms with Crippen LogP contribution in [0.2, 0.25) is 0 Å². The number of morpholine rings is 1. The van der Waals surface area contributed by atoms with Crippen molar-refractivity contribution in [2.75, 3.05) is 25.1 Å². The molecule has 152 valence electrons. The minimum absolute atomic E-state index is 0.00864. The highest BCUT2D eigenvalue weighted by atomic mass is 16.5. The lowest BCUT2D eigenvalue weighted by Gasteiger charge is -2.33. The van der Waals surface area contributed by atoms with Gasteiger partial charge in [0.2, 0.25) is 5.91 Å². The molecule has 1 amide bonds. The van der Waals surface area contributed by atoms with Crippen LogP contribution in [0, 0.1) is 0 Å². The first kappa shape index (κ1) is 20.5. The fraction of sp³-hybridized carbons (Fsp3) is 0.318. The quantitative estimate of drug-likeness (QED) is 0.725. The monoisotopic (exact) mass is 396 g/mol. The topological polar surface area (TPSA) is 84.9 Å². The minimum Gasteiger partial charge on any atom is -0.463 e. The van der Waals surface area contributed by atoms with E-state index in [0.717, 1.165) is 5.56 Å². The molecule has 1 aliphatic rings. The third-order valence-electron chi connectivity index (χ3n) is 4.62. The Labute approximate surface area is 169 Å². The number of hydrogen-bond donors (Lipinski definition) is 1. The summed E-state index contributed by atoms with van der Waals surface area (Å²) in [6, 6.07) is 15.6. The number of nitrogens with one attached hydrogen (secondary N) is 1. The molecule has 0 saturated carbocycles. The second-order valence-electron chi connectivity index (χ2n) is 6.69. The van der Waals surface area contributed by atoms with Crippen LogP contribution in [0.25, 0.3) is 0 Å². The maximum atomic E-state index is 12.5. The third kappa shape index (κ3) is 5.65. The number of benzene rings is 2. The molecule has 3 rings (SSSR count). The minimum atomic E-state index is -0.636. The highest BCUT2D eigenvalue weighted by Gasteiger charge is 2.33. The van der Waals surface area contributed by atoms with Gasteiger partial charge in [-0.05, 0) is 36.8 Å². The third-order valence-corrected chi connectivity index (χ3v) is 4.62. The summed E-state index contributed by atoms with van der Waals surface area (Å²) in [5, 5.41) is 2.77. The number of ether oxygens (including phenoxy) is 2. The maximum Gasteiger partial charge on any atom is 0.338 e. The Hall–Kier alpha value is -3.19. The standard InChI is InChI=1S/C22H24N2O5/c1-2-28-21(26)17-8-10-18(11-9-17)23-20(25)14-19-22(27)29-13-12-24(19)15-16-6-4-3-5-7-16/h3-11,19H,2,12-15H2,1H3,(H,23,25). The molecule has 2 aromatic rings. The average molecular weight is 396 g/mol. The highest BCUT2D eigenvalue weighted by molar-refractivity contribution is 5.95. The fourth-order valence-electron chi connectivity index (χ4n) is 3.18. The van der Waals surface area contributed by atoms with E-state index in [-0.39, 0.29) is 18.3 Å². The molecular formula is C22H24N2O5. The van der Waals surface area contributed by atoms with Crippen molar-refractivity contribution in [3.63, 3.8) is 0 Å². The lowest BCUT2D eigenvalue weighted by atomic mass is 10.1. The molecule has 29 heavy (non-hydrogen) atoms. The van der Waals surface area contributed by atoms with Crippen LogP contribution in [-0.4, -0.2) is 48.5 Å². The van der Waals surface area contributed by atoms with Gasteiger partial charge in [0.25, 0.3) is 0 Å². The van der Waals surface area contributed by atoms with Crippen LogP contribution in [0.5, 0.6) is 0 Å². The Morgan fingerprint density at radius 1 is 1.14 bits per heavy atom. The summed E-state index contributed by atoms with van der Waals surface area (Å²) >= 11 is 0. The molecule has 0 aliphatic carbocycles. The van der Waals surface area contributed by atoms with Crippen molar-refractivity contribution >= 4 is 23.5 Å². The Kier molecular flexibility index (Phi) is 6.97. The summed E-state index contributed by atoms with van der Waals surface area (Å²) in [5.74, 6) is -1.09. The van der Waals surface area contributed by atoms with Crippen LogP contribution in [0.1, 0.15) is 29.3 Å². The maximum absolute atomic E-state index is 12.5. The van der Waals surface area contributed by atoms with Crippen molar-refractivity contribution in [1.82, 2.24) is 4.90 Å². The molecule has 1 N–H and O–H groups in total. The van der Waals surface area contributed by atoms with E-state index < -0.39 is 12.0 Å². The van der Waals surface area contributed by atoms with Crippen LogP contribution >= 0.6 is 0 Å². The van der Waals surface area contributed by atoms with Crippen LogP contribution in [0.3, 0.4) is 0 Å². The van der Waals surface area contributed by atoms with Gasteiger partial charge in [-0.25, -0.2) is 4.79 Å². The van der Waals surface area contributed by atoms with E-state index in [2.05, 4.69) is 5.32 Å². The van der Waals surface area contributed by atoms with Gasteiger partial charge in [0, 0.05) is 18.8 Å². The number of hydrogen-bond acceptors (Lipinski definition) is 6. The summed E-state index contributed by atoms with van der Waals surface area (Å²) in [5.41, 5.74) is 2.03. The fourth-order valence-corrected chi connectivity index (χ4v) is 3.18. The molecule has 1 unspecified atom stereocenters. The Morgan fingerprint density at radius 2 is 1.86 bits per heavy atom. The number of esters is 2. The molecule has 7 nitrogen and oxygen atoms in total. The largest absolute Gasteiger partial charge is 0.463 e. The summed E-state index contributed by atoms with van der Waals surface area (Å²) in [6.07, 6.45) is -0.00864. The predicted octanol–water partition coefficient (Wildman–Crippen LogP) is 2.62. The molecule has 1 aliphatic heterocycles. The number of nitrogens with zero attached hydrogens (tertiary/aromatic N) is 1. The molecule has 0 spiro atoms. The summed E-state index contributed by atoms with van der Waals surface area (Å²) in [7, 11) is 0. The van der Waals surface area contributed by atoms with E-state index >= 15 is 0 Å². The van der Waals surface area contributed by atoms with Gasteiger partial charge < -0.3 is 14.8 Å². The van der Waals surface area contributed by atoms with Crippen LogP contribution < -0.4 is 5.32 Å². The van der Waals surface area contributed by atoms with Crippen molar-refractivity contribution in [3.8, 4) is 0 Å². The second kappa shape index (κ2) is 9.84. The van der Waals surface area contributed by atoms with E-state index in [4.69, 9.17) is 9.47 Å². The lowest BCUT2D eigenvalue weighted by Crippen LogP contribution is -2.49. The van der Waals surface area contributed by atoms with Gasteiger partial charge in [-0.15, -0.1) is 0 Å². The van der Waals surface area contributed by atoms with E-state index in [0.29, 0.717) is 37.6 Å². The molecule has 2 aromatic carbocycles. The molecular weight excluding hydrogens is 372 g/mol. The summed E-state index contributed by atoms with van der Waals surface area (Å²) < 4.78 is 10.1. The van der Waals surface area contributed by atoms with Gasteiger partial charge in [-0.2, -0.15) is 0 Å². The second-order valence-corrected chi connectivity index (χ2v) is 6.69. The smallest absolute Gasteiger partial charge is 0.338 e. The SMILES string of the molecule is CCOC(=O)c1ccc(NC(=O)CC2C(=O)OCCN2Cc2ccccc2)cc1. The first-order chi connectivity index (χ1) is 14.1. The average Bonchev–Trinajstić information content (AvgIpc) is 2.72. The van der Waals surface area contributed by atoms with Gasteiger partial charge in [-0.1, -0.05) is 30.3 Å². The zero-order valence-corrected chi connectivity index (χ0v) is 16.3. The number of carbonyl (C=O) groups is 3. The summed E-state index contributed by atoms with van der Waals surface area (Å²) in [4.78, 5) is 38.4. The van der Waals surface area contributed by atoms with Crippen LogP contribution in [0.4, 0.5) is 5.69 Å². The Morgan fingerprint density at radius 3 is 2.55 bits per heavy atom. The van der Waals surface area contributed by atoms with Crippen molar-refractivity contribution in [3.05, 3.63) is 65.7 Å². The van der Waals surface area contributed by atoms with Gasteiger partial charge >= 0.3 is 11.9 Å². The lowest BCUT2D eigenvalue weighted by molar-refractivity contribution is -0.159. The molecule has 0 aromatic heterocycles. The molecule has 7 heteroatoms. The van der Waals surface area contributed by atoms with Gasteiger partial charge in [0.15, 0.2) is 0 Å². The van der Waals surface area contributed by atoms with E-state index in [1.807, 2.05) is 35.2 Å². The molecule has 0 bridgehead atoms. The van der Waals surface area contributed by atoms with Gasteiger partial charge in [-0.3, -0.25) is 14.5 Å². The number of cyclic esters (lactones) is 1. The number of amides is 1. The highest BCUT2D eigenvalue weighted by Crippen LogP contribution is 2.18. The van der Waals surface area contributed by atoms with Crippen molar-refractivity contribution in [2.45, 2.75) is 25.9 Å². The predicted molar refractivity (Wildman–Crippen MR) is 107 cm³/mol. The molecule has 0 radical (unpaired) electrons. The Bertz CT molecular complexity index is 851. The van der Waals surface area contributed by atoms with Crippen molar-refractivity contribution in [2.24, 2.45) is 0 Å². The van der Waals surface area contributed by atoms with E-state index in [1.165, 1.54) is 0 Å². The van der Waals surface area contributed by atoms with Gasteiger partial charge in [0.1, 0.15) is 12.6 Å². The number of rotatable bonds is 7. The number of carbonyl (C=O) groups excluding carboxylic acids is 3. The molecule has 1 atom stereocenters. The van der Waals surface area contributed by atoms with E-state index in [9.17, 15) is 14.4 Å². The van der Waals surface area contributed by atoms with Crippen LogP contribution in [-0.2, 0) is 25.6 Å². The van der Waals surface area contributed by atoms with Crippen molar-refractivity contribution in [1.29, 1.82) is 0 Å². The van der Waals surface area contributed by atoms with Crippen LogP contribution in [0.15, 0.2) is 54.6 Å². The van der Waals surface area contributed by atoms with Gasteiger partial charge in [0.05, 0.1) is 18.6 Å². The molecule has 1 saturated heterocycles. The van der Waals surface area contributed by atoms with E-state index in [1.54, 1.807) is 31.2 Å². The first-order valence-electron chi connectivity index (χ1n) is 9.58. The number of anilines is 1. The van der Waals surface area contributed by atoms with Crippen molar-refractivity contribution < 1.29 is 23.9 Å². The zero-order chi connectivity index (χ0) is 20.6. The molecule has 1 heterocycles. The normalized spacial score (nSPS) is 16.7. The summed E-state index contributed by atoms with van der Waals surface area (Å²) in [6.45, 7) is 3.51.